The van der Waals surface area contributed by atoms with Gasteiger partial charge in [0.05, 0.1) is 18.3 Å². The molecule has 6 nitrogen and oxygen atoms in total. The van der Waals surface area contributed by atoms with Gasteiger partial charge in [-0.2, -0.15) is 16.9 Å². The molecule has 0 radical (unpaired) electrons. The van der Waals surface area contributed by atoms with Gasteiger partial charge in [0, 0.05) is 50.8 Å². The number of amides is 1. The second-order valence-corrected chi connectivity index (χ2v) is 8.28. The quantitative estimate of drug-likeness (QED) is 0.800. The Morgan fingerprint density at radius 3 is 3.00 bits per heavy atom. The molecule has 24 heavy (non-hydrogen) atoms. The van der Waals surface area contributed by atoms with E-state index in [2.05, 4.69) is 10.00 Å². The van der Waals surface area contributed by atoms with Gasteiger partial charge in [0.1, 0.15) is 0 Å². The summed E-state index contributed by atoms with van der Waals surface area (Å²) in [5.74, 6) is 2.67. The van der Waals surface area contributed by atoms with E-state index in [0.29, 0.717) is 12.5 Å². The Bertz CT molecular complexity index is 698. The Morgan fingerprint density at radius 1 is 1.33 bits per heavy atom. The van der Waals surface area contributed by atoms with Crippen LogP contribution in [0.4, 0.5) is 0 Å². The van der Waals surface area contributed by atoms with E-state index in [9.17, 15) is 9.59 Å². The Labute approximate surface area is 146 Å². The summed E-state index contributed by atoms with van der Waals surface area (Å²) < 4.78 is 1.64. The first-order valence-corrected chi connectivity index (χ1v) is 9.94. The van der Waals surface area contributed by atoms with Gasteiger partial charge in [0.2, 0.25) is 5.91 Å². The van der Waals surface area contributed by atoms with Gasteiger partial charge in [-0.05, 0) is 24.2 Å². The minimum Gasteiger partial charge on any atom is -0.344 e. The molecule has 1 aromatic rings. The summed E-state index contributed by atoms with van der Waals surface area (Å²) in [6, 6.07) is 1.81. The SMILES string of the molecule is CN1CCCC(N2CC(Cn3nc4c(cc3=O)CSCC4)C2)C1=O. The first-order valence-electron chi connectivity index (χ1n) is 8.78. The molecule has 3 aliphatic heterocycles. The van der Waals surface area contributed by atoms with Crippen LogP contribution in [0.1, 0.15) is 24.1 Å². The highest BCUT2D eigenvalue weighted by Gasteiger charge is 2.38. The summed E-state index contributed by atoms with van der Waals surface area (Å²) in [5.41, 5.74) is 2.22. The smallest absolute Gasteiger partial charge is 0.267 e. The van der Waals surface area contributed by atoms with E-state index in [1.54, 1.807) is 10.7 Å². The van der Waals surface area contributed by atoms with E-state index in [0.717, 1.165) is 61.7 Å². The number of carbonyl (C=O) groups excluding carboxylic acids is 1. The lowest BCUT2D eigenvalue weighted by Crippen LogP contribution is -2.60. The van der Waals surface area contributed by atoms with E-state index >= 15 is 0 Å². The fraction of sp³-hybridized carbons (Fsp3) is 0.706. The predicted molar refractivity (Wildman–Crippen MR) is 94.1 cm³/mol. The molecule has 130 valence electrons. The highest BCUT2D eigenvalue weighted by Crippen LogP contribution is 2.26. The molecule has 0 spiro atoms. The van der Waals surface area contributed by atoms with Crippen molar-refractivity contribution in [3.63, 3.8) is 0 Å². The lowest BCUT2D eigenvalue weighted by Gasteiger charge is -2.46. The number of nitrogens with zero attached hydrogens (tertiary/aromatic N) is 4. The highest BCUT2D eigenvalue weighted by molar-refractivity contribution is 7.98. The number of hydrogen-bond acceptors (Lipinski definition) is 5. The molecule has 1 atom stereocenters. The molecule has 3 aliphatic rings. The van der Waals surface area contributed by atoms with Crippen molar-refractivity contribution in [3.05, 3.63) is 27.7 Å². The van der Waals surface area contributed by atoms with E-state index < -0.39 is 0 Å². The van der Waals surface area contributed by atoms with Gasteiger partial charge in [-0.15, -0.1) is 0 Å². The summed E-state index contributed by atoms with van der Waals surface area (Å²) in [5, 5.41) is 4.60. The van der Waals surface area contributed by atoms with Crippen LogP contribution in [0.5, 0.6) is 0 Å². The molecule has 0 saturated carbocycles. The van der Waals surface area contributed by atoms with Crippen molar-refractivity contribution in [3.8, 4) is 0 Å². The van der Waals surface area contributed by atoms with Crippen LogP contribution in [0.25, 0.3) is 0 Å². The van der Waals surface area contributed by atoms with Gasteiger partial charge in [0.15, 0.2) is 0 Å². The van der Waals surface area contributed by atoms with Crippen molar-refractivity contribution in [1.82, 2.24) is 19.6 Å². The number of aromatic nitrogens is 2. The average molecular weight is 348 g/mol. The zero-order valence-corrected chi connectivity index (χ0v) is 14.9. The third kappa shape index (κ3) is 2.99. The topological polar surface area (TPSA) is 58.4 Å². The molecule has 2 fully saturated rings. The van der Waals surface area contributed by atoms with Gasteiger partial charge < -0.3 is 4.90 Å². The molecule has 0 aliphatic carbocycles. The molecule has 1 unspecified atom stereocenters. The number of piperidine rings is 1. The fourth-order valence-corrected chi connectivity index (χ4v) is 4.91. The van der Waals surface area contributed by atoms with Crippen molar-refractivity contribution in [2.75, 3.05) is 32.4 Å². The molecule has 2 saturated heterocycles. The van der Waals surface area contributed by atoms with E-state index in [1.165, 1.54) is 0 Å². The summed E-state index contributed by atoms with van der Waals surface area (Å²) in [6.07, 6.45) is 3.00. The lowest BCUT2D eigenvalue weighted by molar-refractivity contribution is -0.142. The van der Waals surface area contributed by atoms with Crippen LogP contribution in [0.15, 0.2) is 10.9 Å². The molecular formula is C17H24N4O2S. The second kappa shape index (κ2) is 6.52. The van der Waals surface area contributed by atoms with Crippen LogP contribution in [-0.2, 0) is 23.5 Å². The third-order valence-corrected chi connectivity index (χ3v) is 6.40. The number of hydrogen-bond donors (Lipinski definition) is 0. The summed E-state index contributed by atoms with van der Waals surface area (Å²) in [6.45, 7) is 3.34. The van der Waals surface area contributed by atoms with Crippen LogP contribution >= 0.6 is 11.8 Å². The van der Waals surface area contributed by atoms with Gasteiger partial charge in [-0.25, -0.2) is 4.68 Å². The van der Waals surface area contributed by atoms with Crippen molar-refractivity contribution in [2.24, 2.45) is 5.92 Å². The van der Waals surface area contributed by atoms with Crippen LogP contribution in [-0.4, -0.2) is 64.0 Å². The number of likely N-dealkylation sites (tertiary alicyclic amines) is 2. The summed E-state index contributed by atoms with van der Waals surface area (Å²) in [4.78, 5) is 28.6. The number of likely N-dealkylation sites (N-methyl/N-ethyl adjacent to an activating group) is 1. The molecule has 4 heterocycles. The molecule has 0 N–H and O–H groups in total. The minimum atomic E-state index is 0.0168. The largest absolute Gasteiger partial charge is 0.344 e. The molecular weight excluding hydrogens is 324 g/mol. The molecule has 4 rings (SSSR count). The predicted octanol–water partition coefficient (Wildman–Crippen LogP) is 0.585. The van der Waals surface area contributed by atoms with Gasteiger partial charge in [0.25, 0.3) is 5.56 Å². The van der Waals surface area contributed by atoms with Gasteiger partial charge >= 0.3 is 0 Å². The average Bonchev–Trinajstić information content (AvgIpc) is 2.54. The second-order valence-electron chi connectivity index (χ2n) is 7.18. The standard InChI is InChI=1S/C17H24N4O2S/c1-19-5-2-3-15(17(19)23)20-8-12(9-20)10-21-16(22)7-13-11-24-6-4-14(13)18-21/h7,12,15H,2-6,8-11H2,1H3. The maximum atomic E-state index is 12.3. The fourth-order valence-electron chi connectivity index (χ4n) is 3.96. The normalized spacial score (nSPS) is 25.5. The zero-order valence-electron chi connectivity index (χ0n) is 14.1. The van der Waals surface area contributed by atoms with Crippen LogP contribution in [0.2, 0.25) is 0 Å². The number of carbonyl (C=O) groups is 1. The number of fused-ring (bicyclic) bond motifs is 1. The van der Waals surface area contributed by atoms with Crippen molar-refractivity contribution in [1.29, 1.82) is 0 Å². The first kappa shape index (κ1) is 16.1. The van der Waals surface area contributed by atoms with Crippen molar-refractivity contribution < 1.29 is 4.79 Å². The Balaban J connectivity index is 1.38. The maximum absolute atomic E-state index is 12.3. The summed E-state index contributed by atoms with van der Waals surface area (Å²) >= 11 is 1.87. The zero-order chi connectivity index (χ0) is 16.7. The van der Waals surface area contributed by atoms with E-state index in [1.807, 2.05) is 23.7 Å². The maximum Gasteiger partial charge on any atom is 0.267 e. The number of thioether (sulfide) groups is 1. The number of aryl methyl sites for hydroxylation is 1. The van der Waals surface area contributed by atoms with E-state index in [4.69, 9.17) is 0 Å². The number of rotatable bonds is 3. The van der Waals surface area contributed by atoms with Crippen molar-refractivity contribution in [2.45, 2.75) is 37.6 Å². The van der Waals surface area contributed by atoms with E-state index in [-0.39, 0.29) is 17.5 Å². The Morgan fingerprint density at radius 2 is 2.17 bits per heavy atom. The Hall–Kier alpha value is -1.34. The first-order chi connectivity index (χ1) is 11.6. The monoisotopic (exact) mass is 348 g/mol. The molecule has 1 aromatic heterocycles. The Kier molecular flexibility index (Phi) is 4.39. The lowest BCUT2D eigenvalue weighted by atomic mass is 9.93. The minimum absolute atomic E-state index is 0.0168. The van der Waals surface area contributed by atoms with Crippen LogP contribution in [0, 0.1) is 5.92 Å². The van der Waals surface area contributed by atoms with Crippen LogP contribution in [0.3, 0.4) is 0 Å². The molecule has 1 amide bonds. The molecule has 0 bridgehead atoms. The summed E-state index contributed by atoms with van der Waals surface area (Å²) in [7, 11) is 1.89. The van der Waals surface area contributed by atoms with Gasteiger partial charge in [-0.1, -0.05) is 0 Å². The molecule has 0 aromatic carbocycles. The highest BCUT2D eigenvalue weighted by atomic mass is 32.2. The van der Waals surface area contributed by atoms with Gasteiger partial charge in [-0.3, -0.25) is 14.5 Å². The van der Waals surface area contributed by atoms with Crippen molar-refractivity contribution >= 4 is 17.7 Å². The van der Waals surface area contributed by atoms with Crippen LogP contribution < -0.4 is 5.56 Å². The third-order valence-electron chi connectivity index (χ3n) is 5.39. The molecule has 7 heteroatoms.